The minimum Gasteiger partial charge on any atom is -0.497 e. The zero-order valence-corrected chi connectivity index (χ0v) is 13.4. The molecule has 0 spiro atoms. The van der Waals surface area contributed by atoms with Crippen molar-refractivity contribution in [3.63, 3.8) is 0 Å². The molecule has 0 aliphatic carbocycles. The lowest BCUT2D eigenvalue weighted by Gasteiger charge is -2.19. The van der Waals surface area contributed by atoms with E-state index in [1.54, 1.807) is 14.2 Å². The Morgan fingerprint density at radius 1 is 0.905 bits per heavy atom. The summed E-state index contributed by atoms with van der Waals surface area (Å²) in [6.07, 6.45) is 0. The molecule has 3 nitrogen and oxygen atoms in total. The second-order valence-electron chi connectivity index (χ2n) is 5.35. The van der Waals surface area contributed by atoms with Gasteiger partial charge in [-0.2, -0.15) is 0 Å². The van der Waals surface area contributed by atoms with Crippen molar-refractivity contribution in [3.05, 3.63) is 53.1 Å². The van der Waals surface area contributed by atoms with Crippen LogP contribution < -0.4 is 14.8 Å². The molecule has 1 N–H and O–H groups in total. The maximum Gasteiger partial charge on any atom is 0.142 e. The van der Waals surface area contributed by atoms with E-state index in [1.165, 1.54) is 16.7 Å². The average Bonchev–Trinajstić information content (AvgIpc) is 2.46. The third-order valence-corrected chi connectivity index (χ3v) is 3.52. The van der Waals surface area contributed by atoms with Crippen molar-refractivity contribution in [3.8, 4) is 11.5 Å². The predicted molar refractivity (Wildman–Crippen MR) is 87.5 cm³/mol. The Morgan fingerprint density at radius 3 is 2.14 bits per heavy atom. The molecule has 3 heteroatoms. The fourth-order valence-corrected chi connectivity index (χ4v) is 2.50. The van der Waals surface area contributed by atoms with Crippen LogP contribution in [0.15, 0.2) is 36.4 Å². The molecule has 0 radical (unpaired) electrons. The first kappa shape index (κ1) is 15.2. The van der Waals surface area contributed by atoms with Crippen LogP contribution in [0.3, 0.4) is 0 Å². The van der Waals surface area contributed by atoms with E-state index in [1.807, 2.05) is 18.2 Å². The van der Waals surface area contributed by atoms with Gasteiger partial charge in [-0.15, -0.1) is 0 Å². The van der Waals surface area contributed by atoms with Gasteiger partial charge in [0, 0.05) is 12.1 Å². The number of aryl methyl sites for hydroxylation is 2. The molecule has 0 amide bonds. The Morgan fingerprint density at radius 2 is 1.57 bits per heavy atom. The highest BCUT2D eigenvalue weighted by Gasteiger charge is 2.11. The van der Waals surface area contributed by atoms with Crippen molar-refractivity contribution >= 4 is 5.69 Å². The van der Waals surface area contributed by atoms with E-state index in [-0.39, 0.29) is 6.04 Å². The quantitative estimate of drug-likeness (QED) is 0.877. The van der Waals surface area contributed by atoms with E-state index < -0.39 is 0 Å². The molecule has 0 fully saturated rings. The van der Waals surface area contributed by atoms with Gasteiger partial charge in [-0.3, -0.25) is 0 Å². The number of hydrogen-bond donors (Lipinski definition) is 1. The monoisotopic (exact) mass is 285 g/mol. The average molecular weight is 285 g/mol. The smallest absolute Gasteiger partial charge is 0.142 e. The minimum atomic E-state index is 0.185. The van der Waals surface area contributed by atoms with E-state index in [4.69, 9.17) is 9.47 Å². The Bertz CT molecular complexity index is 602. The van der Waals surface area contributed by atoms with Gasteiger partial charge in [-0.25, -0.2) is 0 Å². The predicted octanol–water partition coefficient (Wildman–Crippen LogP) is 4.49. The van der Waals surface area contributed by atoms with Crippen LogP contribution in [0.2, 0.25) is 0 Å². The van der Waals surface area contributed by atoms with E-state index in [9.17, 15) is 0 Å². The van der Waals surface area contributed by atoms with Gasteiger partial charge in [0.25, 0.3) is 0 Å². The van der Waals surface area contributed by atoms with Crippen LogP contribution in [0.1, 0.15) is 29.7 Å². The van der Waals surface area contributed by atoms with Crippen molar-refractivity contribution in [1.82, 2.24) is 0 Å². The number of methoxy groups -OCH3 is 2. The van der Waals surface area contributed by atoms with Crippen molar-refractivity contribution in [2.45, 2.75) is 26.8 Å². The van der Waals surface area contributed by atoms with E-state index in [0.717, 1.165) is 17.2 Å². The SMILES string of the molecule is COc1ccc(OC)c(NC(C)c2cc(C)cc(C)c2)c1. The largest absolute Gasteiger partial charge is 0.497 e. The summed E-state index contributed by atoms with van der Waals surface area (Å²) in [4.78, 5) is 0. The molecule has 0 bridgehead atoms. The normalized spacial score (nSPS) is 11.9. The molecule has 1 unspecified atom stereocenters. The zero-order chi connectivity index (χ0) is 15.4. The van der Waals surface area contributed by atoms with Gasteiger partial charge >= 0.3 is 0 Å². The second kappa shape index (κ2) is 6.53. The van der Waals surface area contributed by atoms with Gasteiger partial charge < -0.3 is 14.8 Å². The Hall–Kier alpha value is -2.16. The second-order valence-corrected chi connectivity index (χ2v) is 5.35. The first-order valence-electron chi connectivity index (χ1n) is 7.10. The molecule has 1 atom stereocenters. The number of benzene rings is 2. The molecular formula is C18H23NO2. The third-order valence-electron chi connectivity index (χ3n) is 3.52. The summed E-state index contributed by atoms with van der Waals surface area (Å²) >= 11 is 0. The van der Waals surface area contributed by atoms with Crippen LogP contribution in [0.4, 0.5) is 5.69 Å². The molecule has 0 saturated heterocycles. The molecule has 0 saturated carbocycles. The summed E-state index contributed by atoms with van der Waals surface area (Å²) in [6, 6.07) is 12.5. The molecule has 21 heavy (non-hydrogen) atoms. The van der Waals surface area contributed by atoms with Gasteiger partial charge in [-0.05, 0) is 38.5 Å². The molecular weight excluding hydrogens is 262 g/mol. The van der Waals surface area contributed by atoms with E-state index in [0.29, 0.717) is 0 Å². The minimum absolute atomic E-state index is 0.185. The summed E-state index contributed by atoms with van der Waals surface area (Å²) < 4.78 is 10.7. The zero-order valence-electron chi connectivity index (χ0n) is 13.4. The Kier molecular flexibility index (Phi) is 4.73. The van der Waals surface area contributed by atoms with Crippen molar-refractivity contribution in [2.75, 3.05) is 19.5 Å². The summed E-state index contributed by atoms with van der Waals surface area (Å²) in [5.41, 5.74) is 4.74. The molecule has 2 rings (SSSR count). The Labute approximate surface area is 126 Å². The lowest BCUT2D eigenvalue weighted by Crippen LogP contribution is -2.08. The maximum atomic E-state index is 5.41. The van der Waals surface area contributed by atoms with Gasteiger partial charge in [-0.1, -0.05) is 29.3 Å². The Balaban J connectivity index is 2.27. The number of ether oxygens (including phenoxy) is 2. The molecule has 0 aliphatic heterocycles. The standard InChI is InChI=1S/C18H23NO2/c1-12-8-13(2)10-15(9-12)14(3)19-17-11-16(20-4)6-7-18(17)21-5/h6-11,14,19H,1-5H3. The van der Waals surface area contributed by atoms with Crippen LogP contribution >= 0.6 is 0 Å². The van der Waals surface area contributed by atoms with Crippen molar-refractivity contribution < 1.29 is 9.47 Å². The summed E-state index contributed by atoms with van der Waals surface area (Å²) in [5, 5.41) is 3.50. The topological polar surface area (TPSA) is 30.5 Å². The van der Waals surface area contributed by atoms with Crippen LogP contribution in [-0.4, -0.2) is 14.2 Å². The van der Waals surface area contributed by atoms with Crippen LogP contribution in [0, 0.1) is 13.8 Å². The van der Waals surface area contributed by atoms with Crippen molar-refractivity contribution in [2.24, 2.45) is 0 Å². The number of hydrogen-bond acceptors (Lipinski definition) is 3. The maximum absolute atomic E-state index is 5.41. The fraction of sp³-hybridized carbons (Fsp3) is 0.333. The molecule has 0 aromatic heterocycles. The number of nitrogens with one attached hydrogen (secondary N) is 1. The van der Waals surface area contributed by atoms with Gasteiger partial charge in [0.2, 0.25) is 0 Å². The van der Waals surface area contributed by atoms with Gasteiger partial charge in [0.1, 0.15) is 11.5 Å². The van der Waals surface area contributed by atoms with Crippen LogP contribution in [-0.2, 0) is 0 Å². The first-order valence-corrected chi connectivity index (χ1v) is 7.10. The van der Waals surface area contributed by atoms with Crippen LogP contribution in [0.25, 0.3) is 0 Å². The van der Waals surface area contributed by atoms with Crippen LogP contribution in [0.5, 0.6) is 11.5 Å². The highest BCUT2D eigenvalue weighted by Crippen LogP contribution is 2.32. The van der Waals surface area contributed by atoms with Crippen molar-refractivity contribution in [1.29, 1.82) is 0 Å². The van der Waals surface area contributed by atoms with Gasteiger partial charge in [0.15, 0.2) is 0 Å². The highest BCUT2D eigenvalue weighted by atomic mass is 16.5. The third kappa shape index (κ3) is 3.69. The number of rotatable bonds is 5. The van der Waals surface area contributed by atoms with E-state index in [2.05, 4.69) is 44.3 Å². The molecule has 2 aromatic carbocycles. The first-order chi connectivity index (χ1) is 10.0. The van der Waals surface area contributed by atoms with Gasteiger partial charge in [0.05, 0.1) is 19.9 Å². The summed E-state index contributed by atoms with van der Waals surface area (Å²) in [7, 11) is 3.34. The van der Waals surface area contributed by atoms with E-state index >= 15 is 0 Å². The molecule has 2 aromatic rings. The molecule has 0 heterocycles. The summed E-state index contributed by atoms with van der Waals surface area (Å²) in [5.74, 6) is 1.62. The molecule has 0 aliphatic rings. The lowest BCUT2D eigenvalue weighted by atomic mass is 10.0. The molecule has 112 valence electrons. The highest BCUT2D eigenvalue weighted by molar-refractivity contribution is 5.60. The lowest BCUT2D eigenvalue weighted by molar-refractivity contribution is 0.404. The number of anilines is 1. The summed E-state index contributed by atoms with van der Waals surface area (Å²) in [6.45, 7) is 6.39. The fourth-order valence-electron chi connectivity index (χ4n) is 2.50.